The molecule has 1 aliphatic rings. The highest BCUT2D eigenvalue weighted by Crippen LogP contribution is 2.33. The second-order valence-electron chi connectivity index (χ2n) is 10.2. The number of benzene rings is 2. The lowest BCUT2D eigenvalue weighted by Crippen LogP contribution is -2.33. The van der Waals surface area contributed by atoms with Gasteiger partial charge in [-0.1, -0.05) is 41.6 Å². The van der Waals surface area contributed by atoms with Crippen LogP contribution in [-0.4, -0.2) is 47.1 Å². The maximum Gasteiger partial charge on any atom is 0.175 e. The molecule has 0 spiro atoms. The van der Waals surface area contributed by atoms with Gasteiger partial charge in [-0.3, -0.25) is 9.88 Å². The minimum Gasteiger partial charge on any atom is -0.488 e. The van der Waals surface area contributed by atoms with Gasteiger partial charge in [0, 0.05) is 36.4 Å². The van der Waals surface area contributed by atoms with Crippen LogP contribution in [0.1, 0.15) is 41.6 Å². The predicted octanol–water partition coefficient (Wildman–Crippen LogP) is 5.71. The first kappa shape index (κ1) is 24.5. The lowest BCUT2D eigenvalue weighted by atomic mass is 9.91. The van der Waals surface area contributed by atoms with E-state index < -0.39 is 0 Å². The fourth-order valence-corrected chi connectivity index (χ4v) is 5.13. The monoisotopic (exact) mass is 484 g/mol. The average Bonchev–Trinajstić information content (AvgIpc) is 3.32. The fourth-order valence-electron chi connectivity index (χ4n) is 5.13. The van der Waals surface area contributed by atoms with Gasteiger partial charge in [-0.15, -0.1) is 0 Å². The van der Waals surface area contributed by atoms with E-state index >= 15 is 0 Å². The summed E-state index contributed by atoms with van der Waals surface area (Å²) in [5.41, 5.74) is 5.41. The number of nitrogens with zero attached hydrogens (tertiary/aromatic N) is 4. The van der Waals surface area contributed by atoms with Crippen molar-refractivity contribution in [1.82, 2.24) is 19.9 Å². The SMILES string of the molecule is CN(C)Cc1c(OCc2cccnc2)ccc2c(CCC3CCN(Cc4ccccc4)CC3)noc12. The Morgan fingerprint density at radius 3 is 2.56 bits per heavy atom. The highest BCUT2D eigenvalue weighted by molar-refractivity contribution is 5.84. The van der Waals surface area contributed by atoms with Gasteiger partial charge in [0.15, 0.2) is 5.58 Å². The van der Waals surface area contributed by atoms with Gasteiger partial charge in [-0.2, -0.15) is 0 Å². The first-order valence-corrected chi connectivity index (χ1v) is 13.0. The van der Waals surface area contributed by atoms with E-state index in [1.807, 2.05) is 18.3 Å². The van der Waals surface area contributed by atoms with E-state index in [1.165, 1.54) is 31.5 Å². The van der Waals surface area contributed by atoms with Gasteiger partial charge in [0.05, 0.1) is 11.3 Å². The maximum absolute atomic E-state index is 6.19. The minimum absolute atomic E-state index is 0.476. The Morgan fingerprint density at radius 2 is 1.81 bits per heavy atom. The van der Waals surface area contributed by atoms with Crippen LogP contribution in [0.4, 0.5) is 0 Å². The Hall–Kier alpha value is -3.22. The molecular weight excluding hydrogens is 448 g/mol. The largest absolute Gasteiger partial charge is 0.488 e. The van der Waals surface area contributed by atoms with Gasteiger partial charge in [0.25, 0.3) is 0 Å². The molecule has 188 valence electrons. The van der Waals surface area contributed by atoms with E-state index in [1.54, 1.807) is 6.20 Å². The maximum atomic E-state index is 6.19. The summed E-state index contributed by atoms with van der Waals surface area (Å²) in [5, 5.41) is 5.62. The normalized spacial score (nSPS) is 15.1. The Labute approximate surface area is 213 Å². The molecule has 0 saturated carbocycles. The van der Waals surface area contributed by atoms with Crippen LogP contribution < -0.4 is 4.74 Å². The first-order chi connectivity index (χ1) is 17.7. The van der Waals surface area contributed by atoms with E-state index in [4.69, 9.17) is 9.26 Å². The van der Waals surface area contributed by atoms with E-state index in [9.17, 15) is 0 Å². The molecule has 36 heavy (non-hydrogen) atoms. The predicted molar refractivity (Wildman–Crippen MR) is 143 cm³/mol. The fraction of sp³-hybridized carbons (Fsp3) is 0.400. The Morgan fingerprint density at radius 1 is 1.00 bits per heavy atom. The van der Waals surface area contributed by atoms with Gasteiger partial charge in [-0.25, -0.2) is 0 Å². The number of aryl methyl sites for hydroxylation is 1. The summed E-state index contributed by atoms with van der Waals surface area (Å²) in [4.78, 5) is 8.90. The van der Waals surface area contributed by atoms with Crippen LogP contribution in [0.15, 0.2) is 71.5 Å². The number of fused-ring (bicyclic) bond motifs is 1. The molecule has 5 rings (SSSR count). The number of piperidine rings is 1. The van der Waals surface area contributed by atoms with E-state index in [0.717, 1.165) is 65.4 Å². The second-order valence-corrected chi connectivity index (χ2v) is 10.2. The summed E-state index contributed by atoms with van der Waals surface area (Å²) in [7, 11) is 4.12. The molecule has 1 saturated heterocycles. The molecule has 6 nitrogen and oxygen atoms in total. The van der Waals surface area contributed by atoms with Crippen molar-refractivity contribution in [1.29, 1.82) is 0 Å². The molecule has 0 aliphatic carbocycles. The molecule has 1 aliphatic heterocycles. The molecule has 2 aromatic carbocycles. The van der Waals surface area contributed by atoms with E-state index in [-0.39, 0.29) is 0 Å². The summed E-state index contributed by atoms with van der Waals surface area (Å²) in [6.07, 6.45) is 8.22. The molecular formula is C30H36N4O2. The van der Waals surface area contributed by atoms with Crippen molar-refractivity contribution in [2.24, 2.45) is 5.92 Å². The molecule has 6 heteroatoms. The third kappa shape index (κ3) is 6.12. The Bertz CT molecular complexity index is 1230. The molecule has 0 N–H and O–H groups in total. The summed E-state index contributed by atoms with van der Waals surface area (Å²) in [6, 6.07) is 18.9. The quantitative estimate of drug-likeness (QED) is 0.287. The number of likely N-dealkylation sites (tertiary alicyclic amines) is 1. The molecule has 1 fully saturated rings. The molecule has 0 bridgehead atoms. The van der Waals surface area contributed by atoms with Crippen LogP contribution in [0.2, 0.25) is 0 Å². The average molecular weight is 485 g/mol. The smallest absolute Gasteiger partial charge is 0.175 e. The van der Waals surface area contributed by atoms with Crippen LogP contribution in [0.25, 0.3) is 11.0 Å². The van der Waals surface area contributed by atoms with Crippen molar-refractivity contribution in [3.8, 4) is 5.75 Å². The summed E-state index contributed by atoms with van der Waals surface area (Å²) in [6.45, 7) is 4.60. The van der Waals surface area contributed by atoms with Gasteiger partial charge >= 0.3 is 0 Å². The Kier molecular flexibility index (Phi) is 7.94. The lowest BCUT2D eigenvalue weighted by Gasteiger charge is -2.31. The molecule has 0 unspecified atom stereocenters. The van der Waals surface area contributed by atoms with Crippen molar-refractivity contribution >= 4 is 11.0 Å². The summed E-state index contributed by atoms with van der Waals surface area (Å²) >= 11 is 0. The van der Waals surface area contributed by atoms with Crippen LogP contribution in [0.5, 0.6) is 5.75 Å². The standard InChI is InChI=1S/C30H36N4O2/c1-33(2)21-27-29(35-22-25-9-6-16-31-19-25)13-11-26-28(32-36-30(26)27)12-10-23-14-17-34(18-15-23)20-24-7-4-3-5-8-24/h3-9,11,13,16,19,23H,10,12,14-15,17-18,20-22H2,1-2H3. The van der Waals surface area contributed by atoms with Crippen molar-refractivity contribution in [2.75, 3.05) is 27.2 Å². The van der Waals surface area contributed by atoms with Crippen molar-refractivity contribution in [3.63, 3.8) is 0 Å². The first-order valence-electron chi connectivity index (χ1n) is 13.0. The van der Waals surface area contributed by atoms with Crippen LogP contribution in [0.3, 0.4) is 0 Å². The molecule has 0 radical (unpaired) electrons. The molecule has 3 heterocycles. The molecule has 4 aromatic rings. The number of ether oxygens (including phenoxy) is 1. The van der Waals surface area contributed by atoms with Crippen molar-refractivity contribution < 1.29 is 9.26 Å². The third-order valence-electron chi connectivity index (χ3n) is 7.11. The van der Waals surface area contributed by atoms with Gasteiger partial charge in [0.1, 0.15) is 12.4 Å². The zero-order chi connectivity index (χ0) is 24.7. The molecule has 2 aromatic heterocycles. The van der Waals surface area contributed by atoms with Gasteiger partial charge < -0.3 is 14.2 Å². The van der Waals surface area contributed by atoms with Crippen molar-refractivity contribution in [2.45, 2.75) is 45.4 Å². The van der Waals surface area contributed by atoms with Crippen LogP contribution in [-0.2, 0) is 26.1 Å². The lowest BCUT2D eigenvalue weighted by molar-refractivity contribution is 0.172. The van der Waals surface area contributed by atoms with Crippen molar-refractivity contribution in [3.05, 3.63) is 89.4 Å². The van der Waals surface area contributed by atoms with E-state index in [0.29, 0.717) is 6.61 Å². The summed E-state index contributed by atoms with van der Waals surface area (Å²) in [5.74, 6) is 1.58. The zero-order valence-electron chi connectivity index (χ0n) is 21.4. The minimum atomic E-state index is 0.476. The third-order valence-corrected chi connectivity index (χ3v) is 7.11. The van der Waals surface area contributed by atoms with E-state index in [2.05, 4.69) is 76.5 Å². The number of pyridine rings is 1. The molecule has 0 amide bonds. The molecule has 0 atom stereocenters. The second kappa shape index (κ2) is 11.7. The highest BCUT2D eigenvalue weighted by atomic mass is 16.5. The number of aromatic nitrogens is 2. The number of hydrogen-bond donors (Lipinski definition) is 0. The number of hydrogen-bond acceptors (Lipinski definition) is 6. The van der Waals surface area contributed by atoms with Gasteiger partial charge in [0.2, 0.25) is 0 Å². The Balaban J connectivity index is 1.21. The topological polar surface area (TPSA) is 54.6 Å². The summed E-state index contributed by atoms with van der Waals surface area (Å²) < 4.78 is 12.1. The zero-order valence-corrected chi connectivity index (χ0v) is 21.4. The van der Waals surface area contributed by atoms with Crippen LogP contribution in [0, 0.1) is 5.92 Å². The van der Waals surface area contributed by atoms with Crippen LogP contribution >= 0.6 is 0 Å². The van der Waals surface area contributed by atoms with Gasteiger partial charge in [-0.05, 0) is 82.5 Å². The highest BCUT2D eigenvalue weighted by Gasteiger charge is 2.22. The number of rotatable bonds is 10.